The fraction of sp³-hybridized carbons (Fsp3) is 0.368. The van der Waals surface area contributed by atoms with E-state index in [-0.39, 0.29) is 17.9 Å². The van der Waals surface area contributed by atoms with E-state index in [0.717, 1.165) is 42.3 Å². The highest BCUT2D eigenvalue weighted by molar-refractivity contribution is 6.09. The van der Waals surface area contributed by atoms with Gasteiger partial charge in [-0.25, -0.2) is 4.98 Å². The summed E-state index contributed by atoms with van der Waals surface area (Å²) in [5, 5.41) is 0. The maximum Gasteiger partial charge on any atom is 0.308 e. The number of nitrogens with two attached hydrogens (primary N) is 1. The fourth-order valence-corrected chi connectivity index (χ4v) is 3.10. The van der Waals surface area contributed by atoms with Crippen LogP contribution in [0.3, 0.4) is 0 Å². The van der Waals surface area contributed by atoms with Gasteiger partial charge in [-0.15, -0.1) is 0 Å². The van der Waals surface area contributed by atoms with Crippen molar-refractivity contribution in [1.82, 2.24) is 9.97 Å². The number of carbonyl (C=O) groups excluding carboxylic acids is 1. The minimum atomic E-state index is -0.114. The smallest absolute Gasteiger partial charge is 0.308 e. The van der Waals surface area contributed by atoms with Crippen LogP contribution >= 0.6 is 0 Å². The Balaban J connectivity index is 1.68. The normalized spacial score (nSPS) is 21.6. The third-order valence-corrected chi connectivity index (χ3v) is 4.58. The molecule has 0 atom stereocenters. The Labute approximate surface area is 146 Å². The lowest BCUT2D eigenvalue weighted by atomic mass is 9.86. The molecule has 1 saturated carbocycles. The molecule has 130 valence electrons. The van der Waals surface area contributed by atoms with Crippen LogP contribution in [0.25, 0.3) is 16.6 Å². The lowest BCUT2D eigenvalue weighted by molar-refractivity contribution is -0.146. The Bertz CT molecular complexity index is 808. The van der Waals surface area contributed by atoms with Gasteiger partial charge in [0.05, 0.1) is 36.0 Å². The van der Waals surface area contributed by atoms with Crippen LogP contribution < -0.4 is 5.73 Å². The molecule has 1 aliphatic carbocycles. The number of allylic oxidation sites excluding steroid dienone is 1. The average Bonchev–Trinajstić information content (AvgIpc) is 2.68. The van der Waals surface area contributed by atoms with E-state index in [4.69, 9.17) is 10.5 Å². The third-order valence-electron chi connectivity index (χ3n) is 4.58. The van der Waals surface area contributed by atoms with Gasteiger partial charge in [0.1, 0.15) is 0 Å². The fourth-order valence-electron chi connectivity index (χ4n) is 3.10. The maximum atomic E-state index is 11.6. The topological polar surface area (TPSA) is 90.5 Å². The highest BCUT2D eigenvalue weighted by atomic mass is 16.5. The molecule has 6 nitrogen and oxygen atoms in total. The highest BCUT2D eigenvalue weighted by Crippen LogP contribution is 2.27. The van der Waals surface area contributed by atoms with Crippen molar-refractivity contribution >= 4 is 28.8 Å². The molecule has 0 bridgehead atoms. The zero-order valence-corrected chi connectivity index (χ0v) is 14.3. The van der Waals surface area contributed by atoms with Crippen LogP contribution in [-0.4, -0.2) is 35.3 Å². The van der Waals surface area contributed by atoms with Gasteiger partial charge in [-0.3, -0.25) is 14.8 Å². The molecule has 0 aliphatic heterocycles. The van der Waals surface area contributed by atoms with E-state index in [9.17, 15) is 4.79 Å². The van der Waals surface area contributed by atoms with Gasteiger partial charge < -0.3 is 10.5 Å². The predicted molar refractivity (Wildman–Crippen MR) is 98.0 cm³/mol. The lowest BCUT2D eigenvalue weighted by Crippen LogP contribution is -2.24. The maximum absolute atomic E-state index is 11.6. The molecule has 6 heteroatoms. The summed E-state index contributed by atoms with van der Waals surface area (Å²) in [6.45, 7) is 0. The molecule has 0 unspecified atom stereocenters. The second-order valence-corrected chi connectivity index (χ2v) is 6.17. The number of methoxy groups -OCH3 is 1. The largest absolute Gasteiger partial charge is 0.469 e. The quantitative estimate of drug-likeness (QED) is 0.684. The SMILES string of the molecule is COC(=O)C1CCC(N=CC(=CN)c2cnc3ccccc3n2)CC1. The summed E-state index contributed by atoms with van der Waals surface area (Å²) in [5.74, 6) is -0.108. The zero-order valence-electron chi connectivity index (χ0n) is 14.3. The van der Waals surface area contributed by atoms with Gasteiger partial charge in [0, 0.05) is 24.0 Å². The molecule has 0 radical (unpaired) electrons. The van der Waals surface area contributed by atoms with Crippen molar-refractivity contribution in [2.75, 3.05) is 7.11 Å². The molecule has 1 aliphatic rings. The van der Waals surface area contributed by atoms with Crippen LogP contribution in [0.5, 0.6) is 0 Å². The summed E-state index contributed by atoms with van der Waals surface area (Å²) in [6.07, 6.45) is 8.35. The third kappa shape index (κ3) is 4.02. The number of hydrogen-bond acceptors (Lipinski definition) is 6. The molecule has 2 N–H and O–H groups in total. The Kier molecular flexibility index (Phi) is 5.38. The van der Waals surface area contributed by atoms with Crippen molar-refractivity contribution in [1.29, 1.82) is 0 Å². The number of esters is 1. The van der Waals surface area contributed by atoms with Crippen molar-refractivity contribution in [3.8, 4) is 0 Å². The van der Waals surface area contributed by atoms with Gasteiger partial charge in [0.15, 0.2) is 0 Å². The number of ether oxygens (including phenoxy) is 1. The lowest BCUT2D eigenvalue weighted by Gasteiger charge is -2.24. The molecule has 0 saturated heterocycles. The standard InChI is InChI=1S/C19H22N4O2/c1-25-19(24)13-6-8-15(9-7-13)21-11-14(10-20)18-12-22-16-4-2-3-5-17(16)23-18/h2-5,10-13,15H,6-9,20H2,1H3. The van der Waals surface area contributed by atoms with Crippen molar-refractivity contribution in [3.05, 3.63) is 42.4 Å². The number of rotatable bonds is 4. The summed E-state index contributed by atoms with van der Waals surface area (Å²) in [7, 11) is 1.44. The van der Waals surface area contributed by atoms with E-state index >= 15 is 0 Å². The van der Waals surface area contributed by atoms with Gasteiger partial charge in [-0.2, -0.15) is 0 Å². The van der Waals surface area contributed by atoms with E-state index in [1.54, 1.807) is 12.4 Å². The molecule has 1 heterocycles. The monoisotopic (exact) mass is 338 g/mol. The molecule has 0 amide bonds. The van der Waals surface area contributed by atoms with Gasteiger partial charge in [0.25, 0.3) is 0 Å². The zero-order chi connectivity index (χ0) is 17.6. The van der Waals surface area contributed by atoms with Crippen LogP contribution in [0.15, 0.2) is 41.7 Å². The van der Waals surface area contributed by atoms with E-state index < -0.39 is 0 Å². The van der Waals surface area contributed by atoms with Crippen molar-refractivity contribution in [2.24, 2.45) is 16.6 Å². The van der Waals surface area contributed by atoms with E-state index in [2.05, 4.69) is 15.0 Å². The van der Waals surface area contributed by atoms with Crippen LogP contribution in [0.1, 0.15) is 31.4 Å². The summed E-state index contributed by atoms with van der Waals surface area (Å²) in [5.41, 5.74) is 8.88. The van der Waals surface area contributed by atoms with Gasteiger partial charge in [0.2, 0.25) is 0 Å². The summed E-state index contributed by atoms with van der Waals surface area (Å²) in [4.78, 5) is 25.2. The average molecular weight is 338 g/mol. The molecule has 1 aromatic carbocycles. The number of benzene rings is 1. The number of fused-ring (bicyclic) bond motifs is 1. The second kappa shape index (κ2) is 7.88. The summed E-state index contributed by atoms with van der Waals surface area (Å²) >= 11 is 0. The Morgan fingerprint density at radius 3 is 2.64 bits per heavy atom. The Morgan fingerprint density at radius 2 is 1.96 bits per heavy atom. The van der Waals surface area contributed by atoms with Gasteiger partial charge >= 0.3 is 5.97 Å². The Morgan fingerprint density at radius 1 is 1.24 bits per heavy atom. The van der Waals surface area contributed by atoms with Crippen molar-refractivity contribution in [3.63, 3.8) is 0 Å². The molecule has 1 fully saturated rings. The van der Waals surface area contributed by atoms with Gasteiger partial charge in [-0.05, 0) is 37.8 Å². The molecule has 3 rings (SSSR count). The molecular weight excluding hydrogens is 316 g/mol. The number of carbonyl (C=O) groups is 1. The first-order valence-corrected chi connectivity index (χ1v) is 8.46. The minimum absolute atomic E-state index is 0.00678. The number of nitrogens with zero attached hydrogens (tertiary/aromatic N) is 3. The van der Waals surface area contributed by atoms with E-state index in [1.807, 2.05) is 24.3 Å². The number of aliphatic imine (C=N–C) groups is 1. The summed E-state index contributed by atoms with van der Waals surface area (Å²) in [6, 6.07) is 7.91. The van der Waals surface area contributed by atoms with Crippen LogP contribution in [0, 0.1) is 5.92 Å². The van der Waals surface area contributed by atoms with Crippen LogP contribution in [0.4, 0.5) is 0 Å². The van der Waals surface area contributed by atoms with Crippen molar-refractivity contribution < 1.29 is 9.53 Å². The number of hydrogen-bond donors (Lipinski definition) is 1. The van der Waals surface area contributed by atoms with E-state index in [1.165, 1.54) is 13.3 Å². The number of para-hydroxylation sites is 2. The van der Waals surface area contributed by atoms with Crippen LogP contribution in [0.2, 0.25) is 0 Å². The first-order chi connectivity index (χ1) is 12.2. The molecule has 2 aromatic rings. The minimum Gasteiger partial charge on any atom is -0.469 e. The first kappa shape index (κ1) is 17.1. The molecule has 1 aromatic heterocycles. The molecule has 25 heavy (non-hydrogen) atoms. The highest BCUT2D eigenvalue weighted by Gasteiger charge is 2.26. The van der Waals surface area contributed by atoms with Crippen LogP contribution in [-0.2, 0) is 9.53 Å². The number of aromatic nitrogens is 2. The Hall–Kier alpha value is -2.76. The predicted octanol–water partition coefficient (Wildman–Crippen LogP) is 2.73. The van der Waals surface area contributed by atoms with Crippen molar-refractivity contribution in [2.45, 2.75) is 31.7 Å². The van der Waals surface area contributed by atoms with E-state index in [0.29, 0.717) is 5.69 Å². The molecule has 0 spiro atoms. The second-order valence-electron chi connectivity index (χ2n) is 6.17. The molecular formula is C19H22N4O2. The summed E-state index contributed by atoms with van der Waals surface area (Å²) < 4.78 is 4.82. The van der Waals surface area contributed by atoms with Gasteiger partial charge in [-0.1, -0.05) is 12.1 Å². The first-order valence-electron chi connectivity index (χ1n) is 8.46.